The van der Waals surface area contributed by atoms with Crippen molar-refractivity contribution in [1.82, 2.24) is 5.32 Å². The molecule has 1 N–H and O–H groups in total. The molecule has 23 heavy (non-hydrogen) atoms. The lowest BCUT2D eigenvalue weighted by Gasteiger charge is -2.21. The Hall–Kier alpha value is -2.49. The first kappa shape index (κ1) is 16.9. The Morgan fingerprint density at radius 3 is 2.39 bits per heavy atom. The van der Waals surface area contributed by atoms with Crippen LogP contribution in [0.1, 0.15) is 28.4 Å². The van der Waals surface area contributed by atoms with Gasteiger partial charge >= 0.3 is 0 Å². The smallest absolute Gasteiger partial charge is 0.254 e. The highest BCUT2D eigenvalue weighted by atomic mass is 16.5. The van der Waals surface area contributed by atoms with E-state index in [1.54, 1.807) is 7.11 Å². The Morgan fingerprint density at radius 2 is 1.83 bits per heavy atom. The topological polar surface area (TPSA) is 41.6 Å². The quantitative estimate of drug-likeness (QED) is 0.890. The Morgan fingerprint density at radius 1 is 1.13 bits per heavy atom. The number of hydrogen-bond acceptors (Lipinski definition) is 3. The molecule has 0 atom stereocenters. The maximum atomic E-state index is 12.8. The van der Waals surface area contributed by atoms with Crippen LogP contribution in [0.3, 0.4) is 0 Å². The van der Waals surface area contributed by atoms with Gasteiger partial charge in [0.15, 0.2) is 0 Å². The van der Waals surface area contributed by atoms with Crippen molar-refractivity contribution in [3.63, 3.8) is 0 Å². The zero-order chi connectivity index (χ0) is 16.8. The molecular formula is C19H24N2O2. The molecule has 4 heteroatoms. The van der Waals surface area contributed by atoms with E-state index in [2.05, 4.69) is 5.32 Å². The van der Waals surface area contributed by atoms with E-state index in [0.29, 0.717) is 12.1 Å². The Kier molecular flexibility index (Phi) is 5.63. The first-order valence-electron chi connectivity index (χ1n) is 7.77. The zero-order valence-electron chi connectivity index (χ0n) is 14.2. The molecule has 0 saturated carbocycles. The van der Waals surface area contributed by atoms with Crippen LogP contribution in [0.15, 0.2) is 42.5 Å². The molecule has 0 saturated heterocycles. The van der Waals surface area contributed by atoms with Crippen LogP contribution in [0, 0.1) is 0 Å². The van der Waals surface area contributed by atoms with Crippen LogP contribution in [0.2, 0.25) is 0 Å². The molecule has 0 aromatic heterocycles. The third-order valence-corrected chi connectivity index (χ3v) is 3.83. The van der Waals surface area contributed by atoms with Gasteiger partial charge in [-0.2, -0.15) is 0 Å². The van der Waals surface area contributed by atoms with E-state index in [1.165, 1.54) is 0 Å². The van der Waals surface area contributed by atoms with Gasteiger partial charge in [0.1, 0.15) is 5.75 Å². The van der Waals surface area contributed by atoms with Crippen molar-refractivity contribution in [3.05, 3.63) is 59.2 Å². The van der Waals surface area contributed by atoms with E-state index >= 15 is 0 Å². The molecule has 0 aliphatic rings. The molecule has 4 nitrogen and oxygen atoms in total. The van der Waals surface area contributed by atoms with Gasteiger partial charge in [-0.25, -0.2) is 0 Å². The standard InChI is InChI=1S/C19H24N2O2/c1-5-15-17(23-4)12-11-16(21(2)3)18(15)19(22)20-13-14-9-7-6-8-10-14/h6-12H,5,13H2,1-4H3,(H,20,22). The summed E-state index contributed by atoms with van der Waals surface area (Å²) in [6.07, 6.45) is 0.735. The number of anilines is 1. The van der Waals surface area contributed by atoms with Crippen LogP contribution in [0.25, 0.3) is 0 Å². The Balaban J connectivity index is 2.33. The lowest BCUT2D eigenvalue weighted by atomic mass is 10.00. The summed E-state index contributed by atoms with van der Waals surface area (Å²) in [6, 6.07) is 13.7. The van der Waals surface area contributed by atoms with Crippen molar-refractivity contribution >= 4 is 11.6 Å². The van der Waals surface area contributed by atoms with Crippen LogP contribution < -0.4 is 15.0 Å². The number of benzene rings is 2. The fraction of sp³-hybridized carbons (Fsp3) is 0.316. The number of nitrogens with zero attached hydrogens (tertiary/aromatic N) is 1. The number of nitrogens with one attached hydrogen (secondary N) is 1. The minimum atomic E-state index is -0.0756. The van der Waals surface area contributed by atoms with Crippen molar-refractivity contribution < 1.29 is 9.53 Å². The van der Waals surface area contributed by atoms with Crippen LogP contribution in [0.5, 0.6) is 5.75 Å². The average Bonchev–Trinajstić information content (AvgIpc) is 2.58. The molecule has 1 amide bonds. The van der Waals surface area contributed by atoms with Gasteiger partial charge in [-0.1, -0.05) is 37.3 Å². The predicted octanol–water partition coefficient (Wildman–Crippen LogP) is 3.25. The Bertz CT molecular complexity index is 667. The highest BCUT2D eigenvalue weighted by Crippen LogP contribution is 2.31. The van der Waals surface area contributed by atoms with Crippen molar-refractivity contribution in [1.29, 1.82) is 0 Å². The third kappa shape index (κ3) is 3.83. The van der Waals surface area contributed by atoms with Crippen molar-refractivity contribution in [2.75, 3.05) is 26.1 Å². The van der Waals surface area contributed by atoms with Gasteiger partial charge in [-0.15, -0.1) is 0 Å². The largest absolute Gasteiger partial charge is 0.496 e. The fourth-order valence-electron chi connectivity index (χ4n) is 2.65. The highest BCUT2D eigenvalue weighted by Gasteiger charge is 2.20. The summed E-state index contributed by atoms with van der Waals surface area (Å²) in [5.74, 6) is 0.677. The second kappa shape index (κ2) is 7.68. The van der Waals surface area contributed by atoms with Gasteiger partial charge in [0.2, 0.25) is 0 Å². The number of amides is 1. The molecule has 0 heterocycles. The highest BCUT2D eigenvalue weighted by molar-refractivity contribution is 6.02. The molecule has 0 bridgehead atoms. The van der Waals surface area contributed by atoms with E-state index in [9.17, 15) is 4.79 Å². The summed E-state index contributed by atoms with van der Waals surface area (Å²) >= 11 is 0. The van der Waals surface area contributed by atoms with Crippen LogP contribution in [-0.2, 0) is 13.0 Å². The molecular weight excluding hydrogens is 288 g/mol. The van der Waals surface area contributed by atoms with Gasteiger partial charge in [-0.05, 0) is 24.1 Å². The summed E-state index contributed by atoms with van der Waals surface area (Å²) in [4.78, 5) is 14.8. The van der Waals surface area contributed by atoms with Gasteiger partial charge in [0.05, 0.1) is 12.7 Å². The van der Waals surface area contributed by atoms with E-state index in [4.69, 9.17) is 4.74 Å². The SMILES string of the molecule is CCc1c(OC)ccc(N(C)C)c1C(=O)NCc1ccccc1. The molecule has 0 aliphatic carbocycles. The molecule has 2 rings (SSSR count). The summed E-state index contributed by atoms with van der Waals surface area (Å²) in [5.41, 5.74) is 3.60. The number of rotatable bonds is 6. The molecule has 2 aromatic carbocycles. The third-order valence-electron chi connectivity index (χ3n) is 3.83. The average molecular weight is 312 g/mol. The number of ether oxygens (including phenoxy) is 1. The minimum Gasteiger partial charge on any atom is -0.496 e. The first-order chi connectivity index (χ1) is 11.1. The van der Waals surface area contributed by atoms with Crippen molar-refractivity contribution in [2.45, 2.75) is 19.9 Å². The second-order valence-electron chi connectivity index (χ2n) is 5.56. The maximum Gasteiger partial charge on any atom is 0.254 e. The normalized spacial score (nSPS) is 10.3. The molecule has 0 radical (unpaired) electrons. The predicted molar refractivity (Wildman–Crippen MR) is 94.3 cm³/mol. The van der Waals surface area contributed by atoms with E-state index in [-0.39, 0.29) is 5.91 Å². The molecule has 0 unspecified atom stereocenters. The molecule has 122 valence electrons. The lowest BCUT2D eigenvalue weighted by molar-refractivity contribution is 0.0950. The molecule has 0 fully saturated rings. The first-order valence-corrected chi connectivity index (χ1v) is 7.77. The van der Waals surface area contributed by atoms with Gasteiger partial charge < -0.3 is 15.0 Å². The van der Waals surface area contributed by atoms with Crippen molar-refractivity contribution in [2.24, 2.45) is 0 Å². The summed E-state index contributed by atoms with van der Waals surface area (Å²) in [5, 5.41) is 3.02. The van der Waals surface area contributed by atoms with E-state index < -0.39 is 0 Å². The maximum absolute atomic E-state index is 12.8. The van der Waals surface area contributed by atoms with E-state index in [0.717, 1.165) is 29.0 Å². The van der Waals surface area contributed by atoms with Gasteiger partial charge in [-0.3, -0.25) is 4.79 Å². The molecule has 2 aromatic rings. The summed E-state index contributed by atoms with van der Waals surface area (Å²) < 4.78 is 5.43. The fourth-order valence-corrected chi connectivity index (χ4v) is 2.65. The van der Waals surface area contributed by atoms with Crippen LogP contribution in [0.4, 0.5) is 5.69 Å². The monoisotopic (exact) mass is 312 g/mol. The Labute approximate surface area is 138 Å². The summed E-state index contributed by atoms with van der Waals surface area (Å²) in [7, 11) is 5.51. The van der Waals surface area contributed by atoms with Crippen LogP contribution >= 0.6 is 0 Å². The minimum absolute atomic E-state index is 0.0756. The number of carbonyl (C=O) groups excluding carboxylic acids is 1. The lowest BCUT2D eigenvalue weighted by Crippen LogP contribution is -2.27. The zero-order valence-corrected chi connectivity index (χ0v) is 14.2. The van der Waals surface area contributed by atoms with E-state index in [1.807, 2.05) is 68.4 Å². The number of carbonyl (C=O) groups is 1. The number of hydrogen-bond donors (Lipinski definition) is 1. The summed E-state index contributed by atoms with van der Waals surface area (Å²) in [6.45, 7) is 2.54. The number of methoxy groups -OCH3 is 1. The van der Waals surface area contributed by atoms with Crippen LogP contribution in [-0.4, -0.2) is 27.1 Å². The van der Waals surface area contributed by atoms with Gasteiger partial charge in [0.25, 0.3) is 5.91 Å². The molecule has 0 aliphatic heterocycles. The van der Waals surface area contributed by atoms with Crippen molar-refractivity contribution in [3.8, 4) is 5.75 Å². The molecule has 0 spiro atoms. The second-order valence-corrected chi connectivity index (χ2v) is 5.56. The van der Waals surface area contributed by atoms with Gasteiger partial charge in [0, 0.05) is 31.9 Å².